The Labute approximate surface area is 162 Å². The summed E-state index contributed by atoms with van der Waals surface area (Å²) in [5.74, 6) is -1.79. The van der Waals surface area contributed by atoms with E-state index in [9.17, 15) is 18.8 Å². The zero-order valence-corrected chi connectivity index (χ0v) is 15.6. The van der Waals surface area contributed by atoms with E-state index in [4.69, 9.17) is 4.74 Å². The Morgan fingerprint density at radius 3 is 2.50 bits per heavy atom. The van der Waals surface area contributed by atoms with Crippen LogP contribution in [0.3, 0.4) is 0 Å². The topological polar surface area (TPSA) is 75.7 Å². The van der Waals surface area contributed by atoms with Crippen molar-refractivity contribution in [1.29, 1.82) is 0 Å². The van der Waals surface area contributed by atoms with Gasteiger partial charge in [0, 0.05) is 18.3 Å². The summed E-state index contributed by atoms with van der Waals surface area (Å²) in [5.41, 5.74) is 1.11. The first-order valence-corrected chi connectivity index (χ1v) is 8.63. The van der Waals surface area contributed by atoms with E-state index < -0.39 is 23.4 Å². The summed E-state index contributed by atoms with van der Waals surface area (Å²) in [6.45, 7) is 1.61. The van der Waals surface area contributed by atoms with Crippen LogP contribution >= 0.6 is 0 Å². The summed E-state index contributed by atoms with van der Waals surface area (Å²) in [4.78, 5) is 37.8. The third-order valence-corrected chi connectivity index (χ3v) is 3.86. The predicted octanol–water partition coefficient (Wildman–Crippen LogP) is 2.90. The number of hydrogen-bond acceptors (Lipinski definition) is 4. The monoisotopic (exact) mass is 384 g/mol. The second-order valence-corrected chi connectivity index (χ2v) is 5.85. The molecule has 0 spiro atoms. The number of likely N-dealkylation sites (N-methyl/N-ethyl adjacent to an activating group) is 1. The molecule has 0 atom stereocenters. The van der Waals surface area contributed by atoms with Crippen molar-refractivity contribution in [3.63, 3.8) is 0 Å². The van der Waals surface area contributed by atoms with Gasteiger partial charge in [-0.25, -0.2) is 4.39 Å². The van der Waals surface area contributed by atoms with Crippen molar-refractivity contribution < 1.29 is 23.5 Å². The molecule has 0 aliphatic rings. The third kappa shape index (κ3) is 6.05. The molecule has 2 amide bonds. The molecular formula is C21H21FN2O4. The number of ketones is 1. The van der Waals surface area contributed by atoms with Crippen LogP contribution in [-0.2, 0) is 14.4 Å². The number of rotatable bonds is 8. The summed E-state index contributed by atoms with van der Waals surface area (Å²) in [7, 11) is 1.52. The van der Waals surface area contributed by atoms with Gasteiger partial charge in [0.15, 0.2) is 0 Å². The number of nitrogens with one attached hydrogen (secondary N) is 1. The van der Waals surface area contributed by atoms with Gasteiger partial charge in [-0.15, -0.1) is 0 Å². The predicted molar refractivity (Wildman–Crippen MR) is 104 cm³/mol. The number of ether oxygens (including phenoxy) is 1. The van der Waals surface area contributed by atoms with Crippen molar-refractivity contribution in [2.75, 3.05) is 25.5 Å². The molecule has 0 aliphatic heterocycles. The van der Waals surface area contributed by atoms with Crippen molar-refractivity contribution in [3.8, 4) is 5.75 Å². The minimum Gasteiger partial charge on any atom is -0.497 e. The molecule has 28 heavy (non-hydrogen) atoms. The van der Waals surface area contributed by atoms with Gasteiger partial charge in [0.1, 0.15) is 18.1 Å². The molecule has 0 bridgehead atoms. The van der Waals surface area contributed by atoms with E-state index in [1.807, 2.05) is 0 Å². The molecule has 7 heteroatoms. The molecule has 2 aromatic carbocycles. The van der Waals surface area contributed by atoms with Crippen LogP contribution in [0.4, 0.5) is 10.1 Å². The number of benzene rings is 2. The molecule has 0 heterocycles. The number of methoxy groups -OCH3 is 1. The lowest BCUT2D eigenvalue weighted by molar-refractivity contribution is -0.143. The van der Waals surface area contributed by atoms with Crippen molar-refractivity contribution >= 4 is 29.4 Å². The van der Waals surface area contributed by atoms with Crippen LogP contribution in [-0.4, -0.2) is 42.7 Å². The number of nitrogens with zero attached hydrogens (tertiary/aromatic N) is 1. The first-order chi connectivity index (χ1) is 13.4. The lowest BCUT2D eigenvalue weighted by atomic mass is 10.2. The zero-order valence-electron chi connectivity index (χ0n) is 15.6. The summed E-state index contributed by atoms with van der Waals surface area (Å²) in [5, 5.41) is 2.66. The van der Waals surface area contributed by atoms with Crippen molar-refractivity contribution in [2.45, 2.75) is 6.92 Å². The van der Waals surface area contributed by atoms with E-state index in [2.05, 4.69) is 5.32 Å². The first-order valence-electron chi connectivity index (χ1n) is 8.63. The number of amides is 2. The summed E-state index contributed by atoms with van der Waals surface area (Å²) in [6.07, 6.45) is 2.53. The maximum atomic E-state index is 12.9. The van der Waals surface area contributed by atoms with Gasteiger partial charge in [0.05, 0.1) is 7.11 Å². The van der Waals surface area contributed by atoms with Gasteiger partial charge >= 0.3 is 0 Å². The van der Waals surface area contributed by atoms with Crippen molar-refractivity contribution in [3.05, 3.63) is 66.0 Å². The van der Waals surface area contributed by atoms with E-state index in [0.29, 0.717) is 17.0 Å². The van der Waals surface area contributed by atoms with Crippen LogP contribution in [0.1, 0.15) is 12.5 Å². The second-order valence-electron chi connectivity index (χ2n) is 5.85. The van der Waals surface area contributed by atoms with Crippen molar-refractivity contribution in [1.82, 2.24) is 4.90 Å². The van der Waals surface area contributed by atoms with Crippen LogP contribution in [0, 0.1) is 5.82 Å². The van der Waals surface area contributed by atoms with Gasteiger partial charge in [0.2, 0.25) is 11.7 Å². The maximum absolute atomic E-state index is 12.9. The lowest BCUT2D eigenvalue weighted by Crippen LogP contribution is -2.41. The number of anilines is 1. The van der Waals surface area contributed by atoms with Crippen LogP contribution in [0.2, 0.25) is 0 Å². The van der Waals surface area contributed by atoms with E-state index in [0.717, 1.165) is 11.0 Å². The molecule has 0 aliphatic carbocycles. The Hall–Kier alpha value is -3.48. The van der Waals surface area contributed by atoms with E-state index in [-0.39, 0.29) is 13.1 Å². The first kappa shape index (κ1) is 20.8. The highest BCUT2D eigenvalue weighted by Crippen LogP contribution is 2.16. The molecular weight excluding hydrogens is 363 g/mol. The Bertz CT molecular complexity index is 878. The SMILES string of the molecule is CCN(CC(=O)Nc1cccc(OC)c1)C(=O)C(=O)C=Cc1ccc(F)cc1. The summed E-state index contributed by atoms with van der Waals surface area (Å²) in [6, 6.07) is 12.3. The number of carbonyl (C=O) groups is 3. The van der Waals surface area contributed by atoms with Gasteiger partial charge in [-0.3, -0.25) is 14.4 Å². The Morgan fingerprint density at radius 2 is 1.86 bits per heavy atom. The summed E-state index contributed by atoms with van der Waals surface area (Å²) < 4.78 is 18.0. The smallest absolute Gasteiger partial charge is 0.294 e. The van der Waals surface area contributed by atoms with Crippen molar-refractivity contribution in [2.24, 2.45) is 0 Å². The van der Waals surface area contributed by atoms with E-state index in [1.165, 1.54) is 37.5 Å². The van der Waals surface area contributed by atoms with Gasteiger partial charge in [-0.1, -0.05) is 24.3 Å². The van der Waals surface area contributed by atoms with Gasteiger partial charge < -0.3 is 15.0 Å². The second kappa shape index (κ2) is 10.0. The van der Waals surface area contributed by atoms with Gasteiger partial charge in [-0.2, -0.15) is 0 Å². The number of carbonyl (C=O) groups excluding carboxylic acids is 3. The molecule has 0 saturated heterocycles. The molecule has 146 valence electrons. The van der Waals surface area contributed by atoms with Crippen LogP contribution in [0.25, 0.3) is 6.08 Å². The van der Waals surface area contributed by atoms with E-state index >= 15 is 0 Å². The van der Waals surface area contributed by atoms with Crippen LogP contribution in [0.5, 0.6) is 5.75 Å². The number of hydrogen-bond donors (Lipinski definition) is 1. The fourth-order valence-corrected chi connectivity index (χ4v) is 2.37. The zero-order chi connectivity index (χ0) is 20.5. The standard InChI is InChI=1S/C21H21FN2O4/c1-3-24(14-20(26)23-17-5-4-6-18(13-17)28-2)21(27)19(25)12-9-15-7-10-16(22)11-8-15/h4-13H,3,14H2,1-2H3,(H,23,26). The fraction of sp³-hybridized carbons (Fsp3) is 0.190. The average Bonchev–Trinajstić information content (AvgIpc) is 2.71. The maximum Gasteiger partial charge on any atom is 0.294 e. The van der Waals surface area contributed by atoms with Crippen LogP contribution in [0.15, 0.2) is 54.6 Å². The molecule has 0 unspecified atom stereocenters. The third-order valence-electron chi connectivity index (χ3n) is 3.86. The highest BCUT2D eigenvalue weighted by atomic mass is 19.1. The largest absolute Gasteiger partial charge is 0.497 e. The molecule has 0 radical (unpaired) electrons. The molecule has 1 N–H and O–H groups in total. The minimum absolute atomic E-state index is 0.195. The highest BCUT2D eigenvalue weighted by Gasteiger charge is 2.20. The minimum atomic E-state index is -0.790. The quantitative estimate of drug-likeness (QED) is 0.561. The number of halogens is 1. The molecule has 6 nitrogen and oxygen atoms in total. The van der Waals surface area contributed by atoms with Gasteiger partial charge in [-0.05, 0) is 42.8 Å². The Balaban J connectivity index is 1.96. The van der Waals surface area contributed by atoms with Gasteiger partial charge in [0.25, 0.3) is 5.91 Å². The normalized spacial score (nSPS) is 10.5. The summed E-state index contributed by atoms with van der Waals surface area (Å²) >= 11 is 0. The van der Waals surface area contributed by atoms with Crippen LogP contribution < -0.4 is 10.1 Å². The van der Waals surface area contributed by atoms with E-state index in [1.54, 1.807) is 31.2 Å². The average molecular weight is 384 g/mol. The molecule has 0 aromatic heterocycles. The molecule has 0 fully saturated rings. The Morgan fingerprint density at radius 1 is 1.14 bits per heavy atom. The fourth-order valence-electron chi connectivity index (χ4n) is 2.37. The Kier molecular flexibility index (Phi) is 7.45. The molecule has 2 rings (SSSR count). The highest BCUT2D eigenvalue weighted by molar-refractivity contribution is 6.41. The lowest BCUT2D eigenvalue weighted by Gasteiger charge is -2.19. The molecule has 0 saturated carbocycles. The molecule has 2 aromatic rings.